The molecule has 0 spiro atoms. The van der Waals surface area contributed by atoms with Crippen LogP contribution in [0.3, 0.4) is 0 Å². The van der Waals surface area contributed by atoms with Crippen molar-refractivity contribution in [3.05, 3.63) is 24.7 Å². The maximum Gasteiger partial charge on any atom is 0.300 e. The molecule has 0 aromatic carbocycles. The van der Waals surface area contributed by atoms with Gasteiger partial charge in [0.25, 0.3) is 5.97 Å². The van der Waals surface area contributed by atoms with E-state index in [-0.39, 0.29) is 0 Å². The Morgan fingerprint density at radius 2 is 2.18 bits per heavy atom. The van der Waals surface area contributed by atoms with Gasteiger partial charge in [-0.05, 0) is 6.08 Å². The van der Waals surface area contributed by atoms with Gasteiger partial charge in [-0.1, -0.05) is 0 Å². The molecule has 4 nitrogen and oxygen atoms in total. The number of aliphatic carboxylic acids is 1. The number of carboxylic acids is 1. The molecule has 1 rings (SSSR count). The average molecular weight is 154 g/mol. The van der Waals surface area contributed by atoms with Gasteiger partial charge in [0.1, 0.15) is 0 Å². The predicted octanol–water partition coefficient (Wildman–Crippen LogP) is 0.736. The van der Waals surface area contributed by atoms with Crippen LogP contribution in [0.15, 0.2) is 29.7 Å². The summed E-state index contributed by atoms with van der Waals surface area (Å²) in [6.07, 6.45) is 8.82. The third-order valence-corrected chi connectivity index (χ3v) is 0.621. The molecular weight excluding hydrogens is 144 g/mol. The van der Waals surface area contributed by atoms with Crippen LogP contribution in [0.5, 0.6) is 0 Å². The Hall–Kier alpha value is -1.58. The Morgan fingerprint density at radius 1 is 1.55 bits per heavy atom. The van der Waals surface area contributed by atoms with Gasteiger partial charge in [-0.2, -0.15) is 0 Å². The number of aliphatic imine (C=N–C) groups is 1. The third kappa shape index (κ3) is 11.8. The topological polar surface area (TPSA) is 61.7 Å². The molecule has 1 heterocycles. The SMILES string of the molecule is C1=CNC=CN=C1.CC(=O)O. The fourth-order valence-corrected chi connectivity index (χ4v) is 0.340. The van der Waals surface area contributed by atoms with E-state index in [1.165, 1.54) is 0 Å². The molecule has 0 aliphatic carbocycles. The van der Waals surface area contributed by atoms with E-state index in [1.54, 1.807) is 18.6 Å². The summed E-state index contributed by atoms with van der Waals surface area (Å²) in [5.41, 5.74) is 0. The predicted molar refractivity (Wildman–Crippen MR) is 43.2 cm³/mol. The van der Waals surface area contributed by atoms with Crippen molar-refractivity contribution in [2.24, 2.45) is 4.99 Å². The van der Waals surface area contributed by atoms with Crippen molar-refractivity contribution >= 4 is 12.2 Å². The molecule has 0 fully saturated rings. The van der Waals surface area contributed by atoms with Gasteiger partial charge in [-0.25, -0.2) is 0 Å². The number of rotatable bonds is 0. The first-order chi connectivity index (χ1) is 5.23. The summed E-state index contributed by atoms with van der Waals surface area (Å²) in [7, 11) is 0. The summed E-state index contributed by atoms with van der Waals surface area (Å²) < 4.78 is 0. The van der Waals surface area contributed by atoms with E-state index in [1.807, 2.05) is 12.3 Å². The van der Waals surface area contributed by atoms with Crippen molar-refractivity contribution in [1.82, 2.24) is 5.32 Å². The van der Waals surface area contributed by atoms with Gasteiger partial charge in [0, 0.05) is 31.7 Å². The first kappa shape index (κ1) is 9.42. The second-order valence-corrected chi connectivity index (χ2v) is 1.66. The summed E-state index contributed by atoms with van der Waals surface area (Å²) in [6.45, 7) is 1.08. The average Bonchev–Trinajstić information content (AvgIpc) is 2.13. The number of carboxylic acid groups (broad SMARTS) is 1. The Balaban J connectivity index is 0.000000218. The number of hydrogen-bond acceptors (Lipinski definition) is 3. The van der Waals surface area contributed by atoms with Crippen LogP contribution < -0.4 is 5.32 Å². The molecule has 1 aliphatic rings. The van der Waals surface area contributed by atoms with Crippen LogP contribution in [0, 0.1) is 0 Å². The number of carbonyl (C=O) groups is 1. The van der Waals surface area contributed by atoms with E-state index in [2.05, 4.69) is 10.3 Å². The Kier molecular flexibility index (Phi) is 5.60. The Morgan fingerprint density at radius 3 is 2.82 bits per heavy atom. The van der Waals surface area contributed by atoms with Gasteiger partial charge in [0.2, 0.25) is 0 Å². The molecule has 0 radical (unpaired) electrons. The summed E-state index contributed by atoms with van der Waals surface area (Å²) >= 11 is 0. The summed E-state index contributed by atoms with van der Waals surface area (Å²) in [6, 6.07) is 0. The molecule has 0 saturated carbocycles. The van der Waals surface area contributed by atoms with E-state index in [0.29, 0.717) is 0 Å². The molecule has 0 unspecified atom stereocenters. The van der Waals surface area contributed by atoms with E-state index in [0.717, 1.165) is 6.92 Å². The van der Waals surface area contributed by atoms with Crippen LogP contribution in [0.1, 0.15) is 6.92 Å². The van der Waals surface area contributed by atoms with Crippen molar-refractivity contribution in [2.45, 2.75) is 6.92 Å². The molecule has 1 aliphatic heterocycles. The zero-order valence-electron chi connectivity index (χ0n) is 6.19. The monoisotopic (exact) mass is 154 g/mol. The Labute approximate surface area is 65.0 Å². The largest absolute Gasteiger partial charge is 0.481 e. The maximum atomic E-state index is 9.00. The highest BCUT2D eigenvalue weighted by Crippen LogP contribution is 1.75. The summed E-state index contributed by atoms with van der Waals surface area (Å²) in [4.78, 5) is 12.8. The van der Waals surface area contributed by atoms with E-state index in [9.17, 15) is 0 Å². The molecule has 0 atom stereocenters. The molecule has 60 valence electrons. The highest BCUT2D eigenvalue weighted by molar-refractivity contribution is 5.71. The van der Waals surface area contributed by atoms with Crippen molar-refractivity contribution in [3.63, 3.8) is 0 Å². The zero-order valence-corrected chi connectivity index (χ0v) is 6.19. The Bertz CT molecular complexity index is 177. The van der Waals surface area contributed by atoms with E-state index in [4.69, 9.17) is 9.90 Å². The second-order valence-electron chi connectivity index (χ2n) is 1.66. The molecule has 0 aromatic rings. The zero-order chi connectivity index (χ0) is 8.53. The summed E-state index contributed by atoms with van der Waals surface area (Å²) in [5.74, 6) is -0.833. The first-order valence-corrected chi connectivity index (χ1v) is 3.02. The standard InChI is InChI=1S/C5H6N2.C2H4O2/c1-2-6-4-5-7-3-1;1-2(3)4/h1-6H;1H3,(H,3,4). The smallest absolute Gasteiger partial charge is 0.300 e. The summed E-state index contributed by atoms with van der Waals surface area (Å²) in [5, 5.41) is 10.3. The van der Waals surface area contributed by atoms with Gasteiger partial charge >= 0.3 is 0 Å². The van der Waals surface area contributed by atoms with Crippen LogP contribution >= 0.6 is 0 Å². The van der Waals surface area contributed by atoms with Crippen LogP contribution in [0.4, 0.5) is 0 Å². The van der Waals surface area contributed by atoms with Crippen LogP contribution in [-0.2, 0) is 4.79 Å². The van der Waals surface area contributed by atoms with E-state index >= 15 is 0 Å². The normalized spacial score (nSPS) is 12.5. The van der Waals surface area contributed by atoms with Crippen molar-refractivity contribution < 1.29 is 9.90 Å². The number of allylic oxidation sites excluding steroid dienone is 1. The first-order valence-electron chi connectivity index (χ1n) is 3.02. The van der Waals surface area contributed by atoms with Crippen molar-refractivity contribution in [1.29, 1.82) is 0 Å². The molecule has 0 amide bonds. The molecule has 0 saturated heterocycles. The molecule has 0 aromatic heterocycles. The van der Waals surface area contributed by atoms with Gasteiger partial charge in [-0.15, -0.1) is 0 Å². The number of hydrogen-bond donors (Lipinski definition) is 2. The minimum atomic E-state index is -0.833. The minimum Gasteiger partial charge on any atom is -0.481 e. The van der Waals surface area contributed by atoms with Crippen LogP contribution in [0.25, 0.3) is 0 Å². The number of nitrogens with zero attached hydrogens (tertiary/aromatic N) is 1. The second kappa shape index (κ2) is 6.54. The molecule has 2 N–H and O–H groups in total. The fraction of sp³-hybridized carbons (Fsp3) is 0.143. The lowest BCUT2D eigenvalue weighted by molar-refractivity contribution is -0.134. The van der Waals surface area contributed by atoms with Crippen molar-refractivity contribution in [3.8, 4) is 0 Å². The lowest BCUT2D eigenvalue weighted by Crippen LogP contribution is -1.87. The van der Waals surface area contributed by atoms with Gasteiger partial charge in [-0.3, -0.25) is 9.79 Å². The van der Waals surface area contributed by atoms with Crippen molar-refractivity contribution in [2.75, 3.05) is 0 Å². The minimum absolute atomic E-state index is 0.833. The lowest BCUT2D eigenvalue weighted by Gasteiger charge is -1.78. The number of nitrogens with one attached hydrogen (secondary N) is 1. The molecule has 4 heteroatoms. The quantitative estimate of drug-likeness (QED) is 0.540. The van der Waals surface area contributed by atoms with Crippen LogP contribution in [0.2, 0.25) is 0 Å². The van der Waals surface area contributed by atoms with Gasteiger partial charge < -0.3 is 10.4 Å². The molecule has 11 heavy (non-hydrogen) atoms. The van der Waals surface area contributed by atoms with Crippen LogP contribution in [-0.4, -0.2) is 17.3 Å². The van der Waals surface area contributed by atoms with E-state index < -0.39 is 5.97 Å². The highest BCUT2D eigenvalue weighted by atomic mass is 16.4. The van der Waals surface area contributed by atoms with Gasteiger partial charge in [0.15, 0.2) is 0 Å². The fourth-order valence-electron chi connectivity index (χ4n) is 0.340. The molecule has 0 bridgehead atoms. The maximum absolute atomic E-state index is 9.00. The lowest BCUT2D eigenvalue weighted by atomic mass is 10.7. The van der Waals surface area contributed by atoms with Gasteiger partial charge in [0.05, 0.1) is 0 Å². The highest BCUT2D eigenvalue weighted by Gasteiger charge is 1.68. The third-order valence-electron chi connectivity index (χ3n) is 0.621. The molecular formula is C7H10N2O2.